The average molecular weight is 300 g/mol. The highest BCUT2D eigenvalue weighted by Gasteiger charge is 2.13. The average Bonchev–Trinajstić information content (AvgIpc) is 2.76. The Morgan fingerprint density at radius 3 is 2.74 bits per heavy atom. The van der Waals surface area contributed by atoms with Crippen molar-refractivity contribution in [1.82, 2.24) is 4.98 Å². The van der Waals surface area contributed by atoms with Crippen LogP contribution in [-0.2, 0) is 11.3 Å². The molecule has 0 amide bonds. The summed E-state index contributed by atoms with van der Waals surface area (Å²) in [6.45, 7) is 0.143. The molecule has 0 spiro atoms. The molecule has 4 nitrogen and oxygen atoms in total. The van der Waals surface area contributed by atoms with E-state index in [1.165, 1.54) is 6.07 Å². The minimum Gasteiger partial charge on any atom is -0.497 e. The molecule has 0 unspecified atom stereocenters. The topological polar surface area (TPSA) is 51.3 Å². The highest BCUT2D eigenvalue weighted by molar-refractivity contribution is 6.41. The van der Waals surface area contributed by atoms with E-state index in [1.807, 2.05) is 18.2 Å². The predicted molar refractivity (Wildman–Crippen MR) is 72.9 cm³/mol. The van der Waals surface area contributed by atoms with Crippen molar-refractivity contribution in [3.05, 3.63) is 51.8 Å². The lowest BCUT2D eigenvalue weighted by molar-refractivity contribution is 0.0466. The summed E-state index contributed by atoms with van der Waals surface area (Å²) in [5.74, 6) is 0.191. The molecule has 0 aliphatic heterocycles. The number of aromatic amines is 1. The van der Waals surface area contributed by atoms with Gasteiger partial charge in [0.15, 0.2) is 0 Å². The van der Waals surface area contributed by atoms with Gasteiger partial charge in [0.25, 0.3) is 0 Å². The number of hydrogen-bond donors (Lipinski definition) is 1. The molecule has 2 aromatic rings. The summed E-state index contributed by atoms with van der Waals surface area (Å²) >= 11 is 11.5. The normalized spacial score (nSPS) is 10.3. The molecule has 1 N–H and O–H groups in total. The SMILES string of the molecule is COc1cccc(COC(=O)c2cc(Cl)c(Cl)[nH]2)c1. The fourth-order valence-corrected chi connectivity index (χ4v) is 1.82. The highest BCUT2D eigenvalue weighted by atomic mass is 35.5. The van der Waals surface area contributed by atoms with Crippen LogP contribution >= 0.6 is 23.2 Å². The number of methoxy groups -OCH3 is 1. The van der Waals surface area contributed by atoms with E-state index < -0.39 is 5.97 Å². The van der Waals surface area contributed by atoms with E-state index in [1.54, 1.807) is 13.2 Å². The summed E-state index contributed by atoms with van der Waals surface area (Å²) in [5, 5.41) is 0.505. The zero-order valence-corrected chi connectivity index (χ0v) is 11.6. The molecule has 1 heterocycles. The number of carbonyl (C=O) groups is 1. The van der Waals surface area contributed by atoms with E-state index in [0.29, 0.717) is 5.75 Å². The van der Waals surface area contributed by atoms with Gasteiger partial charge in [0.05, 0.1) is 12.1 Å². The van der Waals surface area contributed by atoms with Crippen molar-refractivity contribution in [3.63, 3.8) is 0 Å². The summed E-state index contributed by atoms with van der Waals surface area (Å²) in [6, 6.07) is 8.70. The summed E-state index contributed by atoms with van der Waals surface area (Å²) in [7, 11) is 1.58. The van der Waals surface area contributed by atoms with Gasteiger partial charge in [0, 0.05) is 0 Å². The van der Waals surface area contributed by atoms with E-state index in [-0.39, 0.29) is 22.5 Å². The van der Waals surface area contributed by atoms with Gasteiger partial charge >= 0.3 is 5.97 Å². The molecule has 0 atom stereocenters. The third-order valence-corrected chi connectivity index (χ3v) is 3.14. The second kappa shape index (κ2) is 5.99. The zero-order chi connectivity index (χ0) is 13.8. The van der Waals surface area contributed by atoms with Crippen LogP contribution < -0.4 is 4.74 Å². The Balaban J connectivity index is 2.00. The second-order valence-electron chi connectivity index (χ2n) is 3.77. The number of rotatable bonds is 4. The summed E-state index contributed by atoms with van der Waals surface area (Å²) in [6.07, 6.45) is 0. The lowest BCUT2D eigenvalue weighted by Crippen LogP contribution is -2.05. The summed E-state index contributed by atoms with van der Waals surface area (Å²) < 4.78 is 10.2. The number of aromatic nitrogens is 1. The predicted octanol–water partition coefficient (Wildman–Crippen LogP) is 3.69. The number of benzene rings is 1. The largest absolute Gasteiger partial charge is 0.497 e. The molecule has 0 fully saturated rings. The molecule has 0 bridgehead atoms. The van der Waals surface area contributed by atoms with Crippen LogP contribution in [0.1, 0.15) is 16.1 Å². The quantitative estimate of drug-likeness (QED) is 0.876. The monoisotopic (exact) mass is 299 g/mol. The van der Waals surface area contributed by atoms with Gasteiger partial charge in [-0.2, -0.15) is 0 Å². The number of ether oxygens (including phenoxy) is 2. The van der Waals surface area contributed by atoms with Crippen molar-refractivity contribution < 1.29 is 14.3 Å². The van der Waals surface area contributed by atoms with Crippen LogP contribution in [0.3, 0.4) is 0 Å². The van der Waals surface area contributed by atoms with E-state index in [4.69, 9.17) is 32.7 Å². The van der Waals surface area contributed by atoms with Crippen LogP contribution in [0.5, 0.6) is 5.75 Å². The van der Waals surface area contributed by atoms with Gasteiger partial charge in [0.2, 0.25) is 0 Å². The number of esters is 1. The van der Waals surface area contributed by atoms with Gasteiger partial charge < -0.3 is 14.5 Å². The molecule has 0 saturated carbocycles. The lowest BCUT2D eigenvalue weighted by atomic mass is 10.2. The molecule has 0 aliphatic rings. The minimum atomic E-state index is -0.517. The van der Waals surface area contributed by atoms with Crippen molar-refractivity contribution in [2.24, 2.45) is 0 Å². The Hall–Kier alpha value is -1.65. The van der Waals surface area contributed by atoms with Crippen molar-refractivity contribution >= 4 is 29.2 Å². The molecule has 0 saturated heterocycles. The standard InChI is InChI=1S/C13H11Cl2NO3/c1-18-9-4-2-3-8(5-9)7-19-13(17)11-6-10(14)12(15)16-11/h2-6,16H,7H2,1H3. The van der Waals surface area contributed by atoms with Gasteiger partial charge in [-0.15, -0.1) is 0 Å². The molecular formula is C13H11Cl2NO3. The summed E-state index contributed by atoms with van der Waals surface area (Å²) in [5.41, 5.74) is 1.05. The van der Waals surface area contributed by atoms with Crippen molar-refractivity contribution in [3.8, 4) is 5.75 Å². The van der Waals surface area contributed by atoms with Gasteiger partial charge in [-0.3, -0.25) is 0 Å². The fraction of sp³-hybridized carbons (Fsp3) is 0.154. The van der Waals surface area contributed by atoms with E-state index in [9.17, 15) is 4.79 Å². The van der Waals surface area contributed by atoms with Crippen LogP contribution in [0.4, 0.5) is 0 Å². The molecule has 6 heteroatoms. The number of H-pyrrole nitrogens is 1. The molecule has 1 aromatic carbocycles. The van der Waals surface area contributed by atoms with Gasteiger partial charge in [-0.25, -0.2) is 4.79 Å². The molecule has 1 aromatic heterocycles. The maximum atomic E-state index is 11.7. The van der Waals surface area contributed by atoms with Crippen LogP contribution in [0, 0.1) is 0 Å². The van der Waals surface area contributed by atoms with E-state index in [2.05, 4.69) is 4.98 Å². The maximum Gasteiger partial charge on any atom is 0.355 e. The number of carbonyl (C=O) groups excluding carboxylic acids is 1. The molecule has 19 heavy (non-hydrogen) atoms. The van der Waals surface area contributed by atoms with Crippen LogP contribution in [-0.4, -0.2) is 18.1 Å². The Morgan fingerprint density at radius 1 is 1.32 bits per heavy atom. The lowest BCUT2D eigenvalue weighted by Gasteiger charge is -2.05. The third kappa shape index (κ3) is 3.43. The van der Waals surface area contributed by atoms with Gasteiger partial charge in [-0.05, 0) is 23.8 Å². The van der Waals surface area contributed by atoms with Crippen molar-refractivity contribution in [2.45, 2.75) is 6.61 Å². The molecule has 2 rings (SSSR count). The highest BCUT2D eigenvalue weighted by Crippen LogP contribution is 2.22. The second-order valence-corrected chi connectivity index (χ2v) is 4.56. The number of nitrogens with one attached hydrogen (secondary N) is 1. The smallest absolute Gasteiger partial charge is 0.355 e. The fourth-order valence-electron chi connectivity index (χ4n) is 1.50. The zero-order valence-electron chi connectivity index (χ0n) is 10.1. The van der Waals surface area contributed by atoms with Crippen molar-refractivity contribution in [2.75, 3.05) is 7.11 Å². The summed E-state index contributed by atoms with van der Waals surface area (Å²) in [4.78, 5) is 14.4. The molecule has 0 radical (unpaired) electrons. The van der Waals surface area contributed by atoms with Crippen LogP contribution in [0.2, 0.25) is 10.2 Å². The molecule has 100 valence electrons. The first-order valence-corrected chi connectivity index (χ1v) is 6.20. The number of hydrogen-bond acceptors (Lipinski definition) is 3. The van der Waals surface area contributed by atoms with Crippen molar-refractivity contribution in [1.29, 1.82) is 0 Å². The Labute approximate surface area is 120 Å². The molecule has 0 aliphatic carbocycles. The van der Waals surface area contributed by atoms with E-state index in [0.717, 1.165) is 5.56 Å². The Morgan fingerprint density at radius 2 is 2.11 bits per heavy atom. The Kier molecular flexibility index (Phi) is 4.35. The molecular weight excluding hydrogens is 289 g/mol. The number of halogens is 2. The van der Waals surface area contributed by atoms with Gasteiger partial charge in [-0.1, -0.05) is 35.3 Å². The first-order chi connectivity index (χ1) is 9.10. The van der Waals surface area contributed by atoms with Crippen LogP contribution in [0.15, 0.2) is 30.3 Å². The first kappa shape index (κ1) is 13.8. The minimum absolute atomic E-state index is 0.143. The first-order valence-electron chi connectivity index (χ1n) is 5.44. The van der Waals surface area contributed by atoms with Crippen LogP contribution in [0.25, 0.3) is 0 Å². The van der Waals surface area contributed by atoms with E-state index >= 15 is 0 Å². The Bertz CT molecular complexity index is 576. The maximum absolute atomic E-state index is 11.7. The van der Waals surface area contributed by atoms with Gasteiger partial charge in [0.1, 0.15) is 23.2 Å². The third-order valence-electron chi connectivity index (χ3n) is 2.45.